The molecule has 7 heteroatoms. The Bertz CT molecular complexity index is 709. The molecule has 0 bridgehead atoms. The van der Waals surface area contributed by atoms with Crippen molar-refractivity contribution >= 4 is 12.0 Å². The van der Waals surface area contributed by atoms with Gasteiger partial charge in [0.15, 0.2) is 6.10 Å². The standard InChI is InChI=1S/C19H23N3O4/c1-13(16-8-10-20-11-9-16)21-18(24)17(23)14(2)22-19(25)26-12-15-6-4-3-5-7-15/h3-11,13-14,17,23H,12H2,1-2H3,(H,21,24)(H,22,25). The highest BCUT2D eigenvalue weighted by atomic mass is 16.5. The number of benzene rings is 1. The van der Waals surface area contributed by atoms with E-state index >= 15 is 0 Å². The Balaban J connectivity index is 1.79. The predicted molar refractivity (Wildman–Crippen MR) is 96.0 cm³/mol. The van der Waals surface area contributed by atoms with Gasteiger partial charge in [-0.15, -0.1) is 0 Å². The second kappa shape index (κ2) is 9.53. The number of carbonyl (C=O) groups is 2. The molecule has 3 atom stereocenters. The second-order valence-electron chi connectivity index (χ2n) is 5.95. The summed E-state index contributed by atoms with van der Waals surface area (Å²) in [5.74, 6) is -0.579. The Kier molecular flexibility index (Phi) is 7.11. The number of aliphatic hydroxyl groups excluding tert-OH is 1. The van der Waals surface area contributed by atoms with E-state index in [1.807, 2.05) is 30.3 Å². The topological polar surface area (TPSA) is 101 Å². The molecule has 1 aromatic heterocycles. The third-order valence-corrected chi connectivity index (χ3v) is 3.87. The molecule has 1 heterocycles. The van der Waals surface area contributed by atoms with E-state index in [4.69, 9.17) is 4.74 Å². The van der Waals surface area contributed by atoms with Crippen LogP contribution in [0.25, 0.3) is 0 Å². The quantitative estimate of drug-likeness (QED) is 0.703. The van der Waals surface area contributed by atoms with Crippen LogP contribution in [0, 0.1) is 0 Å². The van der Waals surface area contributed by atoms with Crippen molar-refractivity contribution in [1.82, 2.24) is 15.6 Å². The van der Waals surface area contributed by atoms with Gasteiger partial charge in [0, 0.05) is 12.4 Å². The number of rotatable bonds is 7. The molecule has 0 aliphatic carbocycles. The predicted octanol–water partition coefficient (Wildman–Crippen LogP) is 1.93. The van der Waals surface area contributed by atoms with Crippen molar-refractivity contribution in [3.05, 3.63) is 66.0 Å². The maximum atomic E-state index is 12.2. The lowest BCUT2D eigenvalue weighted by Gasteiger charge is -2.22. The van der Waals surface area contributed by atoms with Gasteiger partial charge < -0.3 is 20.5 Å². The zero-order chi connectivity index (χ0) is 18.9. The van der Waals surface area contributed by atoms with E-state index in [9.17, 15) is 14.7 Å². The zero-order valence-electron chi connectivity index (χ0n) is 14.8. The summed E-state index contributed by atoms with van der Waals surface area (Å²) in [6.07, 6.45) is 1.15. The molecule has 2 rings (SSSR count). The summed E-state index contributed by atoms with van der Waals surface area (Å²) in [7, 11) is 0. The van der Waals surface area contributed by atoms with Crippen molar-refractivity contribution in [3.8, 4) is 0 Å². The summed E-state index contributed by atoms with van der Waals surface area (Å²) in [5.41, 5.74) is 1.71. The smallest absolute Gasteiger partial charge is 0.407 e. The van der Waals surface area contributed by atoms with Gasteiger partial charge in [0.1, 0.15) is 6.61 Å². The summed E-state index contributed by atoms with van der Waals surface area (Å²) >= 11 is 0. The van der Waals surface area contributed by atoms with Gasteiger partial charge in [-0.25, -0.2) is 4.79 Å². The van der Waals surface area contributed by atoms with E-state index in [-0.39, 0.29) is 12.6 Å². The maximum absolute atomic E-state index is 12.2. The molecular weight excluding hydrogens is 334 g/mol. The van der Waals surface area contributed by atoms with Crippen LogP contribution in [0.5, 0.6) is 0 Å². The molecule has 0 aliphatic rings. The molecule has 0 saturated carbocycles. The van der Waals surface area contributed by atoms with Crippen LogP contribution in [0.15, 0.2) is 54.9 Å². The van der Waals surface area contributed by atoms with Crippen LogP contribution in [0.1, 0.15) is 31.0 Å². The number of alkyl carbamates (subject to hydrolysis) is 1. The molecule has 0 spiro atoms. The van der Waals surface area contributed by atoms with Crippen LogP contribution in [0.2, 0.25) is 0 Å². The van der Waals surface area contributed by atoms with Gasteiger partial charge in [-0.1, -0.05) is 30.3 Å². The molecule has 0 radical (unpaired) electrons. The second-order valence-corrected chi connectivity index (χ2v) is 5.95. The van der Waals surface area contributed by atoms with E-state index < -0.39 is 24.1 Å². The summed E-state index contributed by atoms with van der Waals surface area (Å²) in [6.45, 7) is 3.44. The lowest BCUT2D eigenvalue weighted by Crippen LogP contribution is -2.49. The van der Waals surface area contributed by atoms with Crippen molar-refractivity contribution in [2.45, 2.75) is 38.6 Å². The first-order valence-corrected chi connectivity index (χ1v) is 8.33. The van der Waals surface area contributed by atoms with Crippen molar-refractivity contribution in [2.24, 2.45) is 0 Å². The van der Waals surface area contributed by atoms with Crippen LogP contribution < -0.4 is 10.6 Å². The first-order valence-electron chi connectivity index (χ1n) is 8.33. The number of carbonyl (C=O) groups excluding carboxylic acids is 2. The summed E-state index contributed by atoms with van der Waals surface area (Å²) < 4.78 is 5.08. The minimum Gasteiger partial charge on any atom is -0.445 e. The Morgan fingerprint density at radius 3 is 2.38 bits per heavy atom. The third-order valence-electron chi connectivity index (χ3n) is 3.87. The third kappa shape index (κ3) is 5.86. The molecule has 1 aromatic carbocycles. The monoisotopic (exact) mass is 357 g/mol. The highest BCUT2D eigenvalue weighted by Gasteiger charge is 2.25. The van der Waals surface area contributed by atoms with Gasteiger partial charge in [-0.2, -0.15) is 0 Å². The first-order chi connectivity index (χ1) is 12.5. The minimum absolute atomic E-state index is 0.112. The molecule has 2 aromatic rings. The number of hydrogen-bond acceptors (Lipinski definition) is 5. The van der Waals surface area contributed by atoms with Crippen molar-refractivity contribution in [3.63, 3.8) is 0 Å². The van der Waals surface area contributed by atoms with Crippen molar-refractivity contribution < 1.29 is 19.4 Å². The van der Waals surface area contributed by atoms with Gasteiger partial charge in [0.25, 0.3) is 5.91 Å². The van der Waals surface area contributed by atoms with E-state index in [0.717, 1.165) is 11.1 Å². The Morgan fingerprint density at radius 2 is 1.73 bits per heavy atom. The van der Waals surface area contributed by atoms with Crippen molar-refractivity contribution in [2.75, 3.05) is 0 Å². The SMILES string of the molecule is CC(NC(=O)C(O)C(C)NC(=O)OCc1ccccc1)c1ccncc1. The Morgan fingerprint density at radius 1 is 1.08 bits per heavy atom. The summed E-state index contributed by atoms with van der Waals surface area (Å²) in [5, 5.41) is 15.3. The number of hydrogen-bond donors (Lipinski definition) is 3. The van der Waals surface area contributed by atoms with E-state index in [2.05, 4.69) is 15.6 Å². The largest absolute Gasteiger partial charge is 0.445 e. The molecule has 0 saturated heterocycles. The van der Waals surface area contributed by atoms with Gasteiger partial charge in [0.05, 0.1) is 12.1 Å². The first kappa shape index (κ1) is 19.4. The fourth-order valence-electron chi connectivity index (χ4n) is 2.29. The number of aliphatic hydroxyl groups is 1. The molecule has 0 aliphatic heterocycles. The fourth-order valence-corrected chi connectivity index (χ4v) is 2.29. The zero-order valence-corrected chi connectivity index (χ0v) is 14.8. The van der Waals surface area contributed by atoms with Crippen LogP contribution in [0.3, 0.4) is 0 Å². The Hall–Kier alpha value is -2.93. The molecule has 7 nitrogen and oxygen atoms in total. The number of ether oxygens (including phenoxy) is 1. The molecule has 2 amide bonds. The molecule has 138 valence electrons. The molecule has 0 fully saturated rings. The van der Waals surface area contributed by atoms with Gasteiger partial charge in [0.2, 0.25) is 0 Å². The number of aromatic nitrogens is 1. The number of nitrogens with zero attached hydrogens (tertiary/aromatic N) is 1. The summed E-state index contributed by atoms with van der Waals surface area (Å²) in [6, 6.07) is 11.7. The number of amides is 2. The summed E-state index contributed by atoms with van der Waals surface area (Å²) in [4.78, 5) is 27.9. The van der Waals surface area contributed by atoms with Crippen LogP contribution in [-0.4, -0.2) is 34.2 Å². The lowest BCUT2D eigenvalue weighted by molar-refractivity contribution is -0.131. The van der Waals surface area contributed by atoms with Gasteiger partial charge >= 0.3 is 6.09 Å². The number of pyridine rings is 1. The molecule has 3 N–H and O–H groups in total. The van der Waals surface area contributed by atoms with Crippen LogP contribution in [-0.2, 0) is 16.1 Å². The molecule has 26 heavy (non-hydrogen) atoms. The molecular formula is C19H23N3O4. The number of nitrogens with one attached hydrogen (secondary N) is 2. The molecule has 3 unspecified atom stereocenters. The average molecular weight is 357 g/mol. The highest BCUT2D eigenvalue weighted by molar-refractivity contribution is 5.82. The highest BCUT2D eigenvalue weighted by Crippen LogP contribution is 2.10. The van der Waals surface area contributed by atoms with E-state index in [1.165, 1.54) is 6.92 Å². The Labute approximate surface area is 152 Å². The van der Waals surface area contributed by atoms with E-state index in [0.29, 0.717) is 0 Å². The van der Waals surface area contributed by atoms with Crippen LogP contribution >= 0.6 is 0 Å². The minimum atomic E-state index is -1.40. The van der Waals surface area contributed by atoms with Gasteiger partial charge in [-0.05, 0) is 37.1 Å². The van der Waals surface area contributed by atoms with Crippen LogP contribution in [0.4, 0.5) is 4.79 Å². The average Bonchev–Trinajstić information content (AvgIpc) is 2.67. The lowest BCUT2D eigenvalue weighted by atomic mass is 10.1. The van der Waals surface area contributed by atoms with E-state index in [1.54, 1.807) is 31.5 Å². The fraction of sp³-hybridized carbons (Fsp3) is 0.316. The van der Waals surface area contributed by atoms with Crippen molar-refractivity contribution in [1.29, 1.82) is 0 Å². The normalized spacial score (nSPS) is 14.0. The maximum Gasteiger partial charge on any atom is 0.407 e. The van der Waals surface area contributed by atoms with Gasteiger partial charge in [-0.3, -0.25) is 9.78 Å².